The van der Waals surface area contributed by atoms with Crippen LogP contribution >= 0.6 is 0 Å². The smallest absolute Gasteiger partial charge is 0.276 e. The van der Waals surface area contributed by atoms with Crippen molar-refractivity contribution in [1.82, 2.24) is 20.0 Å². The molecule has 0 aromatic carbocycles. The molecule has 2 aromatic rings. The van der Waals surface area contributed by atoms with E-state index in [4.69, 9.17) is 9.26 Å². The number of nitrogens with zero attached hydrogens (tertiary/aromatic N) is 4. The van der Waals surface area contributed by atoms with Crippen molar-refractivity contribution in [1.29, 1.82) is 0 Å². The van der Waals surface area contributed by atoms with Crippen LogP contribution in [-0.4, -0.2) is 45.1 Å². The fourth-order valence-electron chi connectivity index (χ4n) is 2.68. The molecule has 0 N–H and O–H groups in total. The maximum atomic E-state index is 12.7. The van der Waals surface area contributed by atoms with Crippen molar-refractivity contribution in [3.8, 4) is 5.75 Å². The predicted octanol–water partition coefficient (Wildman–Crippen LogP) is 2.19. The van der Waals surface area contributed by atoms with Gasteiger partial charge in [-0.25, -0.2) is 4.98 Å². The molecule has 1 aliphatic rings. The normalized spacial score (nSPS) is 17.7. The zero-order valence-electron chi connectivity index (χ0n) is 13.5. The van der Waals surface area contributed by atoms with E-state index in [1.165, 1.54) is 0 Å². The Balaban J connectivity index is 1.74. The maximum absolute atomic E-state index is 12.7. The molecule has 1 aliphatic heterocycles. The predicted molar refractivity (Wildman–Crippen MR) is 82.3 cm³/mol. The largest absolute Gasteiger partial charge is 0.489 e. The lowest BCUT2D eigenvalue weighted by Crippen LogP contribution is -2.30. The number of hydrogen-bond donors (Lipinski definition) is 0. The van der Waals surface area contributed by atoms with E-state index in [1.54, 1.807) is 30.2 Å². The van der Waals surface area contributed by atoms with Gasteiger partial charge in [-0.3, -0.25) is 4.79 Å². The van der Waals surface area contributed by atoms with Crippen molar-refractivity contribution in [3.05, 3.63) is 35.7 Å². The van der Waals surface area contributed by atoms with E-state index in [2.05, 4.69) is 15.1 Å². The van der Waals surface area contributed by atoms with Crippen molar-refractivity contribution < 1.29 is 14.1 Å². The van der Waals surface area contributed by atoms with Gasteiger partial charge in [0.05, 0.1) is 12.0 Å². The summed E-state index contributed by atoms with van der Waals surface area (Å²) in [5, 5.41) is 3.81. The first-order valence-electron chi connectivity index (χ1n) is 7.75. The van der Waals surface area contributed by atoms with Gasteiger partial charge in [0, 0.05) is 19.3 Å². The van der Waals surface area contributed by atoms with Gasteiger partial charge in [-0.2, -0.15) is 4.98 Å². The summed E-state index contributed by atoms with van der Waals surface area (Å²) in [5.41, 5.74) is 0.351. The van der Waals surface area contributed by atoms with E-state index >= 15 is 0 Å². The summed E-state index contributed by atoms with van der Waals surface area (Å²) in [6.07, 6.45) is 2.40. The molecular weight excluding hydrogens is 296 g/mol. The molecule has 3 heterocycles. The van der Waals surface area contributed by atoms with Crippen molar-refractivity contribution in [3.63, 3.8) is 0 Å². The van der Waals surface area contributed by atoms with Gasteiger partial charge in [0.1, 0.15) is 0 Å². The van der Waals surface area contributed by atoms with Gasteiger partial charge in [0.15, 0.2) is 17.3 Å². The third-order valence-corrected chi connectivity index (χ3v) is 3.70. The topological polar surface area (TPSA) is 81.4 Å². The second kappa shape index (κ2) is 6.36. The van der Waals surface area contributed by atoms with Gasteiger partial charge < -0.3 is 14.2 Å². The zero-order chi connectivity index (χ0) is 16.4. The number of carbonyl (C=O) groups is 1. The van der Waals surface area contributed by atoms with Gasteiger partial charge in [0.25, 0.3) is 5.91 Å². The quantitative estimate of drug-likeness (QED) is 0.860. The minimum absolute atomic E-state index is 0.0153. The lowest BCUT2D eigenvalue weighted by Gasteiger charge is -2.18. The van der Waals surface area contributed by atoms with Crippen LogP contribution in [0.3, 0.4) is 0 Å². The van der Waals surface area contributed by atoms with Crippen LogP contribution in [0, 0.1) is 6.92 Å². The Morgan fingerprint density at radius 2 is 2.30 bits per heavy atom. The number of aryl methyl sites for hydroxylation is 1. The van der Waals surface area contributed by atoms with E-state index in [0.29, 0.717) is 36.2 Å². The van der Waals surface area contributed by atoms with E-state index < -0.39 is 0 Å². The molecule has 1 amide bonds. The number of rotatable bonds is 4. The summed E-state index contributed by atoms with van der Waals surface area (Å²) in [6, 6.07) is 3.54. The molecule has 0 saturated carbocycles. The molecule has 0 radical (unpaired) electrons. The number of amides is 1. The highest BCUT2D eigenvalue weighted by Gasteiger charge is 2.33. The molecule has 7 nitrogen and oxygen atoms in total. The second-order valence-electron chi connectivity index (χ2n) is 5.93. The number of aromatic nitrogens is 3. The highest BCUT2D eigenvalue weighted by molar-refractivity contribution is 5.95. The van der Waals surface area contributed by atoms with Crippen molar-refractivity contribution in [2.45, 2.75) is 39.2 Å². The molecule has 1 fully saturated rings. The van der Waals surface area contributed by atoms with Crippen LogP contribution in [-0.2, 0) is 0 Å². The van der Waals surface area contributed by atoms with Crippen molar-refractivity contribution in [2.24, 2.45) is 0 Å². The Labute approximate surface area is 134 Å². The molecule has 1 atom stereocenters. The maximum Gasteiger partial charge on any atom is 0.276 e. The Bertz CT molecular complexity index is 698. The van der Waals surface area contributed by atoms with Gasteiger partial charge in [0.2, 0.25) is 5.89 Å². The summed E-state index contributed by atoms with van der Waals surface area (Å²) >= 11 is 0. The number of hydrogen-bond acceptors (Lipinski definition) is 6. The van der Waals surface area contributed by atoms with Crippen molar-refractivity contribution >= 4 is 5.91 Å². The monoisotopic (exact) mass is 316 g/mol. The third-order valence-electron chi connectivity index (χ3n) is 3.70. The average molecular weight is 316 g/mol. The average Bonchev–Trinajstić information content (AvgIpc) is 3.15. The molecule has 0 aliphatic carbocycles. The van der Waals surface area contributed by atoms with Gasteiger partial charge in [-0.1, -0.05) is 5.16 Å². The number of likely N-dealkylation sites (tertiary alicyclic amines) is 1. The molecule has 2 aromatic heterocycles. The Morgan fingerprint density at radius 3 is 3.00 bits per heavy atom. The second-order valence-corrected chi connectivity index (χ2v) is 5.93. The highest BCUT2D eigenvalue weighted by Crippen LogP contribution is 2.28. The molecule has 1 saturated heterocycles. The van der Waals surface area contributed by atoms with Crippen molar-refractivity contribution in [2.75, 3.05) is 13.1 Å². The first-order valence-corrected chi connectivity index (χ1v) is 7.75. The summed E-state index contributed by atoms with van der Waals surface area (Å²) in [4.78, 5) is 23.0. The standard InChI is InChI=1S/C16H20N4O3/c1-10(2)22-13-5-4-7-17-14(13)16(21)20-8-6-12(9-20)15-18-11(3)19-23-15/h4-5,7,10,12H,6,8-9H2,1-3H3/t12-/m0/s1. The molecular formula is C16H20N4O3. The van der Waals surface area contributed by atoms with Gasteiger partial charge in [-0.05, 0) is 39.3 Å². The minimum Gasteiger partial charge on any atom is -0.489 e. The van der Waals surface area contributed by atoms with Crippen LogP contribution < -0.4 is 4.74 Å². The van der Waals surface area contributed by atoms with Crippen LogP contribution in [0.2, 0.25) is 0 Å². The van der Waals surface area contributed by atoms with E-state index in [1.807, 2.05) is 13.8 Å². The van der Waals surface area contributed by atoms with E-state index in [9.17, 15) is 4.79 Å². The summed E-state index contributed by atoms with van der Waals surface area (Å²) in [6.45, 7) is 6.82. The molecule has 0 spiro atoms. The molecule has 23 heavy (non-hydrogen) atoms. The van der Waals surface area contributed by atoms with Crippen LogP contribution in [0.1, 0.15) is 48.4 Å². The molecule has 122 valence electrons. The first kappa shape index (κ1) is 15.5. The Morgan fingerprint density at radius 1 is 1.48 bits per heavy atom. The Kier molecular flexibility index (Phi) is 4.27. The molecule has 7 heteroatoms. The fraction of sp³-hybridized carbons (Fsp3) is 0.500. The summed E-state index contributed by atoms with van der Waals surface area (Å²) < 4.78 is 10.9. The number of carbonyl (C=O) groups excluding carboxylic acids is 1. The van der Waals surface area contributed by atoms with Gasteiger partial charge >= 0.3 is 0 Å². The first-order chi connectivity index (χ1) is 11.0. The van der Waals surface area contributed by atoms with Crippen LogP contribution in [0.4, 0.5) is 0 Å². The lowest BCUT2D eigenvalue weighted by molar-refractivity contribution is 0.0777. The SMILES string of the molecule is Cc1noc([C@H]2CCN(C(=O)c3ncccc3OC(C)C)C2)n1. The highest BCUT2D eigenvalue weighted by atomic mass is 16.5. The summed E-state index contributed by atoms with van der Waals surface area (Å²) in [7, 11) is 0. The van der Waals surface area contributed by atoms with Crippen LogP contribution in [0.25, 0.3) is 0 Å². The lowest BCUT2D eigenvalue weighted by atomic mass is 10.1. The number of ether oxygens (including phenoxy) is 1. The van der Waals surface area contributed by atoms with Gasteiger partial charge in [-0.15, -0.1) is 0 Å². The molecule has 3 rings (SSSR count). The van der Waals surface area contributed by atoms with E-state index in [-0.39, 0.29) is 17.9 Å². The fourth-order valence-corrected chi connectivity index (χ4v) is 2.68. The Hall–Kier alpha value is -2.44. The van der Waals surface area contributed by atoms with E-state index in [0.717, 1.165) is 6.42 Å². The molecule has 0 bridgehead atoms. The van der Waals surface area contributed by atoms with Crippen LogP contribution in [0.15, 0.2) is 22.9 Å². The van der Waals surface area contributed by atoms with Crippen LogP contribution in [0.5, 0.6) is 5.75 Å². The number of pyridine rings is 1. The molecule has 0 unspecified atom stereocenters. The minimum atomic E-state index is -0.125. The zero-order valence-corrected chi connectivity index (χ0v) is 13.5. The third kappa shape index (κ3) is 3.33. The summed E-state index contributed by atoms with van der Waals surface area (Å²) in [5.74, 6) is 1.68.